The van der Waals surface area contributed by atoms with Gasteiger partial charge in [0, 0.05) is 24.9 Å². The minimum Gasteiger partial charge on any atom is -0.390 e. The van der Waals surface area contributed by atoms with Crippen molar-refractivity contribution in [2.24, 2.45) is 11.8 Å². The van der Waals surface area contributed by atoms with E-state index in [0.29, 0.717) is 18.4 Å². The van der Waals surface area contributed by atoms with E-state index in [2.05, 4.69) is 26.2 Å². The van der Waals surface area contributed by atoms with Crippen LogP contribution in [0.5, 0.6) is 0 Å². The smallest absolute Gasteiger partial charge is 0.244 e. The Kier molecular flexibility index (Phi) is 12.6. The zero-order chi connectivity index (χ0) is 33.6. The minimum absolute atomic E-state index is 0.0652. The maximum atomic E-state index is 13.9. The fourth-order valence-corrected chi connectivity index (χ4v) is 7.15. The number of piperidine rings is 1. The van der Waals surface area contributed by atoms with Gasteiger partial charge in [0.15, 0.2) is 9.84 Å². The van der Waals surface area contributed by atoms with Gasteiger partial charge in [-0.2, -0.15) is 0 Å². The van der Waals surface area contributed by atoms with E-state index in [4.69, 9.17) is 0 Å². The van der Waals surface area contributed by atoms with Crippen molar-refractivity contribution in [3.05, 3.63) is 35.9 Å². The summed E-state index contributed by atoms with van der Waals surface area (Å²) < 4.78 is 23.9. The largest absolute Gasteiger partial charge is 0.390 e. The lowest BCUT2D eigenvalue weighted by molar-refractivity contribution is -0.133. The Labute approximate surface area is 269 Å². The number of fused-ring (bicyclic) bond motifs is 1. The highest BCUT2D eigenvalue weighted by Crippen LogP contribution is 2.39. The zero-order valence-corrected chi connectivity index (χ0v) is 28.9. The lowest BCUT2D eigenvalue weighted by atomic mass is 9.72. The topological polar surface area (TPSA) is 157 Å². The van der Waals surface area contributed by atoms with E-state index in [1.807, 2.05) is 51.1 Å². The molecule has 3 amide bonds. The second-order valence-electron chi connectivity index (χ2n) is 14.5. The molecule has 3 rings (SSSR count). The summed E-state index contributed by atoms with van der Waals surface area (Å²) >= 11 is 0. The summed E-state index contributed by atoms with van der Waals surface area (Å²) in [6.45, 7) is 9.38. The van der Waals surface area contributed by atoms with E-state index >= 15 is 0 Å². The lowest BCUT2D eigenvalue weighted by Gasteiger charge is -2.47. The van der Waals surface area contributed by atoms with Gasteiger partial charge in [0.05, 0.1) is 29.5 Å². The maximum Gasteiger partial charge on any atom is 0.244 e. The number of likely N-dealkylation sites (N-methyl/N-ethyl adjacent to an activating group) is 1. The third kappa shape index (κ3) is 10.2. The molecule has 1 aromatic carbocycles. The molecule has 45 heavy (non-hydrogen) atoms. The molecular weight excluding hydrogens is 594 g/mol. The summed E-state index contributed by atoms with van der Waals surface area (Å²) in [5.41, 5.74) is 0.460. The maximum absolute atomic E-state index is 13.9. The molecule has 1 aliphatic carbocycles. The Balaban J connectivity index is 1.91. The van der Waals surface area contributed by atoms with Crippen LogP contribution in [-0.4, -0.2) is 104 Å². The summed E-state index contributed by atoms with van der Waals surface area (Å²) in [5, 5.41) is 23.1. The van der Waals surface area contributed by atoms with Gasteiger partial charge in [0.2, 0.25) is 17.7 Å². The van der Waals surface area contributed by atoms with Gasteiger partial charge in [-0.15, -0.1) is 0 Å². The summed E-state index contributed by atoms with van der Waals surface area (Å²) in [4.78, 5) is 42.1. The third-order valence-corrected chi connectivity index (χ3v) is 11.5. The van der Waals surface area contributed by atoms with Crippen molar-refractivity contribution < 1.29 is 27.9 Å². The molecule has 1 heterocycles. The Morgan fingerprint density at radius 1 is 1.00 bits per heavy atom. The zero-order valence-electron chi connectivity index (χ0n) is 28.1. The number of rotatable bonds is 13. The van der Waals surface area contributed by atoms with Gasteiger partial charge >= 0.3 is 0 Å². The molecule has 1 aromatic rings. The fourth-order valence-electron chi connectivity index (χ4n) is 6.55. The van der Waals surface area contributed by atoms with Gasteiger partial charge in [0.1, 0.15) is 6.04 Å². The molecule has 12 heteroatoms. The third-order valence-electron chi connectivity index (χ3n) is 9.37. The van der Waals surface area contributed by atoms with E-state index in [0.717, 1.165) is 37.5 Å². The van der Waals surface area contributed by atoms with Crippen molar-refractivity contribution in [1.82, 2.24) is 26.2 Å². The van der Waals surface area contributed by atoms with Crippen LogP contribution in [0.15, 0.2) is 30.3 Å². The van der Waals surface area contributed by atoms with E-state index in [9.17, 15) is 27.9 Å². The van der Waals surface area contributed by atoms with Crippen LogP contribution in [0.1, 0.15) is 72.3 Å². The fraction of sp³-hybridized carbons (Fsp3) is 0.727. The number of amides is 3. The van der Waals surface area contributed by atoms with Crippen LogP contribution >= 0.6 is 0 Å². The van der Waals surface area contributed by atoms with Crippen LogP contribution in [0.2, 0.25) is 0 Å². The number of likely N-dealkylation sites (tertiary alicyclic amines) is 1. The molecule has 0 radical (unpaired) electrons. The van der Waals surface area contributed by atoms with Gasteiger partial charge < -0.3 is 26.4 Å². The molecule has 2 fully saturated rings. The molecule has 5 N–H and O–H groups in total. The van der Waals surface area contributed by atoms with Crippen molar-refractivity contribution in [2.75, 3.05) is 32.9 Å². The molecule has 0 spiro atoms. The van der Waals surface area contributed by atoms with Crippen LogP contribution in [0.25, 0.3) is 0 Å². The van der Waals surface area contributed by atoms with E-state index in [-0.39, 0.29) is 25.4 Å². The van der Waals surface area contributed by atoms with Crippen LogP contribution in [-0.2, 0) is 30.6 Å². The number of carbonyl (C=O) groups is 3. The predicted molar refractivity (Wildman–Crippen MR) is 176 cm³/mol. The first-order valence-corrected chi connectivity index (χ1v) is 18.0. The molecule has 0 aromatic heterocycles. The number of benzene rings is 1. The molecule has 11 nitrogen and oxygen atoms in total. The molecular formula is C33H55N5O6S. The quantitative estimate of drug-likeness (QED) is 0.215. The molecule has 2 aliphatic rings. The van der Waals surface area contributed by atoms with Gasteiger partial charge in [-0.25, -0.2) is 8.42 Å². The summed E-state index contributed by atoms with van der Waals surface area (Å²) in [7, 11) is -2.22. The van der Waals surface area contributed by atoms with E-state index in [1.54, 1.807) is 7.05 Å². The van der Waals surface area contributed by atoms with Gasteiger partial charge in [-0.1, -0.05) is 49.6 Å². The molecule has 1 saturated heterocycles. The SMILES string of the molecule is CNCC(=O)NC(C(=O)NC(Cc1ccccc1)C(O)CN1CC2CCCCC2CC1C(=O)NC(C)(C)C)C(C)(C)S(C)(=O)=O. The highest BCUT2D eigenvalue weighted by molar-refractivity contribution is 7.92. The molecule has 6 unspecified atom stereocenters. The predicted octanol–water partition coefficient (Wildman–Crippen LogP) is 1.40. The second kappa shape index (κ2) is 15.4. The number of β-amino-alcohol motifs (C(OH)–C–C–N with tert-alkyl or cyclic N) is 1. The van der Waals surface area contributed by atoms with Crippen molar-refractivity contribution in [3.8, 4) is 0 Å². The summed E-state index contributed by atoms with van der Waals surface area (Å²) in [6.07, 6.45) is 5.44. The van der Waals surface area contributed by atoms with E-state index < -0.39 is 56.2 Å². The van der Waals surface area contributed by atoms with Gasteiger partial charge in [-0.3, -0.25) is 19.3 Å². The van der Waals surface area contributed by atoms with Crippen LogP contribution in [0, 0.1) is 11.8 Å². The Morgan fingerprint density at radius 3 is 2.20 bits per heavy atom. The highest BCUT2D eigenvalue weighted by atomic mass is 32.2. The first kappa shape index (κ1) is 36.9. The van der Waals surface area contributed by atoms with Crippen LogP contribution in [0.3, 0.4) is 0 Å². The normalized spacial score (nSPS) is 23.2. The number of sulfone groups is 1. The minimum atomic E-state index is -3.80. The van der Waals surface area contributed by atoms with Crippen molar-refractivity contribution in [2.45, 2.75) is 108 Å². The Bertz CT molecular complexity index is 1270. The van der Waals surface area contributed by atoms with Crippen LogP contribution < -0.4 is 21.3 Å². The first-order valence-electron chi connectivity index (χ1n) is 16.1. The first-order chi connectivity index (χ1) is 20.9. The number of hydrogen-bond donors (Lipinski definition) is 5. The molecule has 1 saturated carbocycles. The van der Waals surface area contributed by atoms with E-state index in [1.165, 1.54) is 20.3 Å². The number of nitrogens with one attached hydrogen (secondary N) is 4. The average Bonchev–Trinajstić information content (AvgIpc) is 2.94. The Morgan fingerprint density at radius 2 is 1.62 bits per heavy atom. The summed E-state index contributed by atoms with van der Waals surface area (Å²) in [5.74, 6) is -0.401. The number of aliphatic hydroxyl groups excluding tert-OH is 1. The van der Waals surface area contributed by atoms with Gasteiger partial charge in [-0.05, 0) is 78.3 Å². The number of carbonyl (C=O) groups excluding carboxylic acids is 3. The standard InChI is InChI=1S/C33H55N5O6S/c1-32(2,3)37-30(41)26-18-23-15-11-12-16-24(23)20-38(26)21-27(39)25(17-22-13-9-8-10-14-22)35-31(42)29(36-28(40)19-34-6)33(4,5)45(7,43)44/h8-10,13-14,23-27,29,34,39H,11-12,15-21H2,1-7H3,(H,35,42)(H,36,40)(H,37,41). The van der Waals surface area contributed by atoms with Crippen LogP contribution in [0.4, 0.5) is 0 Å². The van der Waals surface area contributed by atoms with Crippen molar-refractivity contribution in [3.63, 3.8) is 0 Å². The molecule has 6 atom stereocenters. The number of aliphatic hydroxyl groups is 1. The Hall–Kier alpha value is -2.54. The number of hydrogen-bond acceptors (Lipinski definition) is 8. The molecule has 1 aliphatic heterocycles. The number of nitrogens with zero attached hydrogens (tertiary/aromatic N) is 1. The van der Waals surface area contributed by atoms with Crippen molar-refractivity contribution >= 4 is 27.6 Å². The van der Waals surface area contributed by atoms with Crippen molar-refractivity contribution in [1.29, 1.82) is 0 Å². The second-order valence-corrected chi connectivity index (χ2v) is 17.1. The van der Waals surface area contributed by atoms with Gasteiger partial charge in [0.25, 0.3) is 0 Å². The molecule has 254 valence electrons. The molecule has 0 bridgehead atoms. The summed E-state index contributed by atoms with van der Waals surface area (Å²) in [6, 6.07) is 6.75. The highest BCUT2D eigenvalue weighted by Gasteiger charge is 2.46. The average molecular weight is 650 g/mol. The monoisotopic (exact) mass is 649 g/mol. The lowest BCUT2D eigenvalue weighted by Crippen LogP contribution is -2.64.